The third-order valence-corrected chi connectivity index (χ3v) is 2.79. The molecule has 0 amide bonds. The molecule has 0 radical (unpaired) electrons. The Hall–Kier alpha value is -2.21. The van der Waals surface area contributed by atoms with Gasteiger partial charge in [0.2, 0.25) is 11.9 Å². The molecule has 2 heterocycles. The number of nitrogens with zero attached hydrogens (tertiary/aromatic N) is 4. The van der Waals surface area contributed by atoms with Crippen molar-refractivity contribution >= 4 is 28.8 Å². The minimum Gasteiger partial charge on any atom is -0.368 e. The second kappa shape index (κ2) is 3.92. The highest BCUT2D eigenvalue weighted by molar-refractivity contribution is 6.20. The first-order chi connectivity index (χ1) is 8.65. The van der Waals surface area contributed by atoms with Crippen LogP contribution in [0.3, 0.4) is 0 Å². The monoisotopic (exact) mass is 263 g/mol. The summed E-state index contributed by atoms with van der Waals surface area (Å²) in [5.41, 5.74) is 7.05. The van der Waals surface area contributed by atoms with Crippen LogP contribution < -0.4 is 5.73 Å². The maximum atomic E-state index is 13.2. The molecule has 2 aromatic heterocycles. The van der Waals surface area contributed by atoms with Crippen LogP contribution in [-0.2, 0) is 0 Å². The lowest BCUT2D eigenvalue weighted by Crippen LogP contribution is -2.00. The number of anilines is 1. The molecule has 90 valence electrons. The average molecular weight is 264 g/mol. The van der Waals surface area contributed by atoms with E-state index in [-0.39, 0.29) is 11.6 Å². The van der Waals surface area contributed by atoms with Gasteiger partial charge in [0.05, 0.1) is 11.0 Å². The Morgan fingerprint density at radius 3 is 2.67 bits per heavy atom. The maximum Gasteiger partial charge on any atom is 0.223 e. The minimum absolute atomic E-state index is 0.159. The molecule has 18 heavy (non-hydrogen) atoms. The third kappa shape index (κ3) is 1.67. The molecule has 0 saturated heterocycles. The van der Waals surface area contributed by atoms with Crippen LogP contribution in [0.15, 0.2) is 30.3 Å². The zero-order valence-electron chi connectivity index (χ0n) is 9.01. The summed E-state index contributed by atoms with van der Waals surface area (Å²) in [6.45, 7) is 0. The Kier molecular flexibility index (Phi) is 2.38. The maximum absolute atomic E-state index is 13.2. The van der Waals surface area contributed by atoms with Crippen LogP contribution in [0.1, 0.15) is 0 Å². The lowest BCUT2D eigenvalue weighted by atomic mass is 10.3. The van der Waals surface area contributed by atoms with E-state index in [1.807, 2.05) is 12.1 Å². The van der Waals surface area contributed by atoms with Crippen LogP contribution in [-0.4, -0.2) is 19.0 Å². The number of imidazole rings is 1. The summed E-state index contributed by atoms with van der Waals surface area (Å²) in [6, 6.07) is 8.42. The van der Waals surface area contributed by atoms with E-state index in [1.165, 1.54) is 4.09 Å². The van der Waals surface area contributed by atoms with Crippen LogP contribution >= 0.6 is 11.8 Å². The van der Waals surface area contributed by atoms with Crippen molar-refractivity contribution in [2.24, 2.45) is 0 Å². The van der Waals surface area contributed by atoms with Gasteiger partial charge in [-0.2, -0.15) is 9.37 Å². The molecule has 0 bridgehead atoms. The summed E-state index contributed by atoms with van der Waals surface area (Å²) in [7, 11) is 0. The fourth-order valence-corrected chi connectivity index (χ4v) is 1.97. The van der Waals surface area contributed by atoms with Gasteiger partial charge in [0.25, 0.3) is 0 Å². The van der Waals surface area contributed by atoms with Gasteiger partial charge in [-0.1, -0.05) is 12.1 Å². The normalized spacial score (nSPS) is 11.0. The number of rotatable bonds is 1. The van der Waals surface area contributed by atoms with E-state index >= 15 is 0 Å². The summed E-state index contributed by atoms with van der Waals surface area (Å²) in [4.78, 5) is 11.6. The minimum atomic E-state index is -0.721. The largest absolute Gasteiger partial charge is 0.368 e. The summed E-state index contributed by atoms with van der Waals surface area (Å²) >= 11 is 6.13. The van der Waals surface area contributed by atoms with Crippen molar-refractivity contribution in [3.05, 3.63) is 36.3 Å². The lowest BCUT2D eigenvalue weighted by molar-refractivity contribution is 0.583. The van der Waals surface area contributed by atoms with Crippen molar-refractivity contribution < 1.29 is 4.39 Å². The van der Waals surface area contributed by atoms with Crippen molar-refractivity contribution in [3.63, 3.8) is 0 Å². The number of nitrogen functional groups attached to an aromatic ring is 1. The molecule has 0 saturated carbocycles. The molecule has 1 aromatic carbocycles. The Bertz CT molecular complexity index is 719. The zero-order chi connectivity index (χ0) is 12.7. The molecule has 0 atom stereocenters. The Morgan fingerprint density at radius 1 is 1.17 bits per heavy atom. The first-order valence-electron chi connectivity index (χ1n) is 5.09. The quantitative estimate of drug-likeness (QED) is 0.684. The second-order valence-corrected chi connectivity index (χ2v) is 3.98. The number of nitrogens with two attached hydrogens (primary N) is 1. The van der Waals surface area contributed by atoms with Crippen molar-refractivity contribution in [3.8, 4) is 11.5 Å². The molecule has 7 heteroatoms. The lowest BCUT2D eigenvalue weighted by Gasteiger charge is -2.00. The van der Waals surface area contributed by atoms with E-state index in [2.05, 4.69) is 15.0 Å². The SMILES string of the molecule is Nc1nc(F)cc(-c2nc3ccccc3n2Cl)n1. The Morgan fingerprint density at radius 2 is 1.94 bits per heavy atom. The number of para-hydroxylation sites is 2. The number of halogens is 2. The summed E-state index contributed by atoms with van der Waals surface area (Å²) in [5.74, 6) is -0.555. The summed E-state index contributed by atoms with van der Waals surface area (Å²) in [5, 5.41) is 0. The second-order valence-electron chi connectivity index (χ2n) is 3.64. The molecule has 0 unspecified atom stereocenters. The van der Waals surface area contributed by atoms with Gasteiger partial charge in [0, 0.05) is 17.8 Å². The van der Waals surface area contributed by atoms with E-state index in [0.717, 1.165) is 6.07 Å². The molecule has 3 rings (SSSR count). The van der Waals surface area contributed by atoms with Crippen molar-refractivity contribution in [1.82, 2.24) is 19.0 Å². The number of hydrogen-bond acceptors (Lipinski definition) is 4. The van der Waals surface area contributed by atoms with Crippen LogP contribution in [0.2, 0.25) is 0 Å². The zero-order valence-corrected chi connectivity index (χ0v) is 9.76. The van der Waals surface area contributed by atoms with Crippen molar-refractivity contribution in [2.75, 3.05) is 5.73 Å². The molecule has 5 nitrogen and oxygen atoms in total. The number of benzene rings is 1. The summed E-state index contributed by atoms with van der Waals surface area (Å²) < 4.78 is 14.5. The Balaban J connectivity index is 2.28. The number of hydrogen-bond donors (Lipinski definition) is 1. The van der Waals surface area contributed by atoms with Gasteiger partial charge in [-0.15, -0.1) is 0 Å². The Labute approximate surface area is 106 Å². The van der Waals surface area contributed by atoms with Gasteiger partial charge in [-0.05, 0) is 12.1 Å². The average Bonchev–Trinajstić information content (AvgIpc) is 2.66. The number of fused-ring (bicyclic) bond motifs is 1. The van der Waals surface area contributed by atoms with Gasteiger partial charge >= 0.3 is 0 Å². The van der Waals surface area contributed by atoms with Crippen molar-refractivity contribution in [1.29, 1.82) is 0 Å². The van der Waals surface area contributed by atoms with Gasteiger partial charge in [0.15, 0.2) is 5.82 Å². The molecule has 3 aromatic rings. The molecule has 0 aliphatic heterocycles. The fraction of sp³-hybridized carbons (Fsp3) is 0. The first-order valence-corrected chi connectivity index (χ1v) is 5.43. The predicted octanol–water partition coefficient (Wildman–Crippen LogP) is 2.22. The molecule has 0 spiro atoms. The van der Waals surface area contributed by atoms with Gasteiger partial charge in [-0.25, -0.2) is 14.1 Å². The van der Waals surface area contributed by atoms with Gasteiger partial charge in [0.1, 0.15) is 5.69 Å². The highest BCUT2D eigenvalue weighted by atomic mass is 35.5. The smallest absolute Gasteiger partial charge is 0.223 e. The van der Waals surface area contributed by atoms with Gasteiger partial charge in [-0.3, -0.25) is 0 Å². The third-order valence-electron chi connectivity index (χ3n) is 2.45. The van der Waals surface area contributed by atoms with E-state index in [9.17, 15) is 4.39 Å². The molecule has 0 aliphatic carbocycles. The van der Waals surface area contributed by atoms with Crippen molar-refractivity contribution in [2.45, 2.75) is 0 Å². The fourth-order valence-electron chi connectivity index (χ4n) is 1.70. The van der Waals surface area contributed by atoms with Crippen LogP contribution in [0.5, 0.6) is 0 Å². The van der Waals surface area contributed by atoms with E-state index in [1.54, 1.807) is 12.1 Å². The highest BCUT2D eigenvalue weighted by Crippen LogP contribution is 2.24. The van der Waals surface area contributed by atoms with E-state index in [0.29, 0.717) is 16.9 Å². The molecule has 0 fully saturated rings. The predicted molar refractivity (Wildman–Crippen MR) is 66.4 cm³/mol. The highest BCUT2D eigenvalue weighted by Gasteiger charge is 2.14. The van der Waals surface area contributed by atoms with Crippen LogP contribution in [0.4, 0.5) is 10.3 Å². The summed E-state index contributed by atoms with van der Waals surface area (Å²) in [6.07, 6.45) is 0. The van der Waals surface area contributed by atoms with E-state index < -0.39 is 5.95 Å². The topological polar surface area (TPSA) is 69.6 Å². The molecule has 2 N–H and O–H groups in total. The standard InChI is InChI=1S/C11H7ClFN5/c12-18-8-4-2-1-3-6(8)15-10(18)7-5-9(13)17-11(14)16-7/h1-5H,(H2,14,16,17). The van der Waals surface area contributed by atoms with E-state index in [4.69, 9.17) is 17.5 Å². The molecular formula is C11H7ClFN5. The van der Waals surface area contributed by atoms with Crippen LogP contribution in [0.25, 0.3) is 22.6 Å². The van der Waals surface area contributed by atoms with Crippen LogP contribution in [0, 0.1) is 5.95 Å². The number of aromatic nitrogens is 4. The van der Waals surface area contributed by atoms with Gasteiger partial charge < -0.3 is 5.73 Å². The molecular weight excluding hydrogens is 257 g/mol. The first kappa shape index (κ1) is 10.9. The molecule has 0 aliphatic rings.